The molecule has 61 heavy (non-hydrogen) atoms. The van der Waals surface area contributed by atoms with E-state index in [0.717, 1.165) is 22.0 Å². The Morgan fingerprint density at radius 1 is 0.344 bits per heavy atom. The summed E-state index contributed by atoms with van der Waals surface area (Å²) < 4.78 is 2.47. The van der Waals surface area contributed by atoms with Crippen LogP contribution in [0.4, 0.5) is 5.69 Å². The van der Waals surface area contributed by atoms with Crippen LogP contribution >= 0.6 is 0 Å². The number of para-hydroxylation sites is 1. The Morgan fingerprint density at radius 2 is 0.885 bits per heavy atom. The lowest BCUT2D eigenvalue weighted by molar-refractivity contribution is 1.19. The number of nitrogens with zero attached hydrogens (tertiary/aromatic N) is 2. The fraction of sp³-hybridized carbons (Fsp3) is 0. The van der Waals surface area contributed by atoms with Gasteiger partial charge in [-0.2, -0.15) is 0 Å². The average molecular weight is 771 g/mol. The van der Waals surface area contributed by atoms with E-state index in [2.05, 4.69) is 204 Å². The van der Waals surface area contributed by atoms with E-state index in [1.54, 1.807) is 0 Å². The van der Waals surface area contributed by atoms with E-state index in [0.29, 0.717) is 5.69 Å². The fourth-order valence-corrected chi connectivity index (χ4v) is 10.6. The second-order valence-corrected chi connectivity index (χ2v) is 16.2. The van der Waals surface area contributed by atoms with Crippen molar-refractivity contribution in [2.75, 3.05) is 0 Å². The highest BCUT2D eigenvalue weighted by Gasteiger charge is 2.22. The van der Waals surface area contributed by atoms with E-state index in [4.69, 9.17) is 6.57 Å². The molecule has 0 bridgehead atoms. The first-order valence-electron chi connectivity index (χ1n) is 20.9. The number of aromatic nitrogens is 1. The minimum Gasteiger partial charge on any atom is -0.309 e. The van der Waals surface area contributed by atoms with Gasteiger partial charge in [0.2, 0.25) is 0 Å². The first-order valence-corrected chi connectivity index (χ1v) is 20.9. The molecule has 2 heteroatoms. The highest BCUT2D eigenvalue weighted by molar-refractivity contribution is 6.37. The van der Waals surface area contributed by atoms with Crippen LogP contribution in [0.5, 0.6) is 0 Å². The van der Waals surface area contributed by atoms with Crippen molar-refractivity contribution in [2.45, 2.75) is 0 Å². The van der Waals surface area contributed by atoms with Crippen molar-refractivity contribution in [1.29, 1.82) is 0 Å². The molecule has 0 fully saturated rings. The van der Waals surface area contributed by atoms with E-state index in [9.17, 15) is 0 Å². The lowest BCUT2D eigenvalue weighted by atomic mass is 9.83. The summed E-state index contributed by atoms with van der Waals surface area (Å²) in [6, 6.07) is 75.3. The second kappa shape index (κ2) is 12.9. The molecule has 0 N–H and O–H groups in total. The van der Waals surface area contributed by atoms with Gasteiger partial charge in [-0.05, 0) is 111 Å². The summed E-state index contributed by atoms with van der Waals surface area (Å²) >= 11 is 0. The van der Waals surface area contributed by atoms with Crippen LogP contribution in [0, 0.1) is 6.57 Å². The van der Waals surface area contributed by atoms with E-state index < -0.39 is 0 Å². The predicted octanol–water partition coefficient (Wildman–Crippen LogP) is 16.7. The smallest absolute Gasteiger partial charge is 0.194 e. The van der Waals surface area contributed by atoms with Gasteiger partial charge in [0.15, 0.2) is 5.69 Å². The Bertz CT molecular complexity index is 4000. The summed E-state index contributed by atoms with van der Waals surface area (Å²) in [6.45, 7) is 7.90. The minimum absolute atomic E-state index is 0.677. The number of fused-ring (bicyclic) bond motifs is 15. The standard InChI is InChI=1S/C59H34N2/c1-60-53-33-31-48(42-21-9-10-22-43(42)53)56-46-25-13-11-23-44(46)55(45-24-12-14-26-47(45)56)37-28-29-50-52(35-37)41-20-8-7-19-40(41)49-32-34-54-58(57(49)50)51-30-27-36-15-5-6-18-39(36)59(51)61(54)38-16-3-2-4-17-38/h2-35H. The lowest BCUT2D eigenvalue weighted by Gasteiger charge is -2.20. The van der Waals surface area contributed by atoms with Gasteiger partial charge < -0.3 is 4.57 Å². The van der Waals surface area contributed by atoms with Crippen LogP contribution in [0.3, 0.4) is 0 Å². The third-order valence-corrected chi connectivity index (χ3v) is 13.1. The van der Waals surface area contributed by atoms with Crippen LogP contribution in [0.2, 0.25) is 0 Å². The number of rotatable bonds is 3. The molecule has 2 nitrogen and oxygen atoms in total. The maximum absolute atomic E-state index is 7.90. The summed E-state index contributed by atoms with van der Waals surface area (Å²) in [5.74, 6) is 0. The Kier molecular flexibility index (Phi) is 7.11. The van der Waals surface area contributed by atoms with E-state index in [-0.39, 0.29) is 0 Å². The molecule has 0 atom stereocenters. The predicted molar refractivity (Wildman–Crippen MR) is 260 cm³/mol. The lowest BCUT2D eigenvalue weighted by Crippen LogP contribution is -1.94. The summed E-state index contributed by atoms with van der Waals surface area (Å²) in [5.41, 5.74) is 9.03. The molecule has 0 aliphatic rings. The molecule has 13 aromatic rings. The van der Waals surface area contributed by atoms with Gasteiger partial charge in [0.05, 0.1) is 17.6 Å². The minimum atomic E-state index is 0.677. The average Bonchev–Trinajstić information content (AvgIpc) is 3.68. The Hall–Kier alpha value is -8.25. The van der Waals surface area contributed by atoms with Gasteiger partial charge in [-0.1, -0.05) is 182 Å². The molecule has 0 unspecified atom stereocenters. The van der Waals surface area contributed by atoms with E-state index in [1.165, 1.54) is 103 Å². The molecule has 0 saturated heterocycles. The van der Waals surface area contributed by atoms with Crippen molar-refractivity contribution >= 4 is 103 Å². The fourth-order valence-electron chi connectivity index (χ4n) is 10.6. The summed E-state index contributed by atoms with van der Waals surface area (Å²) in [4.78, 5) is 3.88. The largest absolute Gasteiger partial charge is 0.309 e. The SMILES string of the molecule is [C-]#[N+]c1ccc(-c2c3ccccc3c(-c3ccc4c(c3)c3ccccc3c3ccc5c(c6ccc7ccccc7c6n5-c5ccccc5)c34)c3ccccc23)c2ccccc12. The number of hydrogen-bond donors (Lipinski definition) is 0. The number of benzene rings is 12. The normalized spacial score (nSPS) is 11.9. The monoisotopic (exact) mass is 770 g/mol. The summed E-state index contributed by atoms with van der Waals surface area (Å²) in [5, 5.41) is 19.5. The van der Waals surface area contributed by atoms with Crippen molar-refractivity contribution in [3.8, 4) is 27.9 Å². The van der Waals surface area contributed by atoms with Crippen LogP contribution in [-0.2, 0) is 0 Å². The van der Waals surface area contributed by atoms with Gasteiger partial charge >= 0.3 is 0 Å². The summed E-state index contributed by atoms with van der Waals surface area (Å²) in [6.07, 6.45) is 0. The zero-order valence-electron chi connectivity index (χ0n) is 33.0. The molecule has 0 amide bonds. The molecular formula is C59H34N2. The summed E-state index contributed by atoms with van der Waals surface area (Å²) in [7, 11) is 0. The van der Waals surface area contributed by atoms with Gasteiger partial charge in [0.25, 0.3) is 0 Å². The van der Waals surface area contributed by atoms with Crippen molar-refractivity contribution in [2.24, 2.45) is 0 Å². The van der Waals surface area contributed by atoms with Gasteiger partial charge in [-0.15, -0.1) is 0 Å². The van der Waals surface area contributed by atoms with Crippen LogP contribution in [0.15, 0.2) is 206 Å². The highest BCUT2D eigenvalue weighted by atomic mass is 15.0. The molecule has 280 valence electrons. The van der Waals surface area contributed by atoms with Gasteiger partial charge in [-0.3, -0.25) is 0 Å². The molecule has 0 saturated carbocycles. The first-order chi connectivity index (χ1) is 30.3. The van der Waals surface area contributed by atoms with Crippen molar-refractivity contribution in [3.63, 3.8) is 0 Å². The van der Waals surface area contributed by atoms with Crippen molar-refractivity contribution in [1.82, 2.24) is 4.57 Å². The third kappa shape index (κ3) is 4.72. The Morgan fingerprint density at radius 3 is 1.59 bits per heavy atom. The molecule has 0 aliphatic carbocycles. The molecule has 0 radical (unpaired) electrons. The number of hydrogen-bond acceptors (Lipinski definition) is 0. The van der Waals surface area contributed by atoms with Crippen molar-refractivity contribution < 1.29 is 0 Å². The molecule has 12 aromatic carbocycles. The molecule has 1 aromatic heterocycles. The molecule has 13 rings (SSSR count). The molecule has 0 aliphatic heterocycles. The Balaban J connectivity index is 1.16. The van der Waals surface area contributed by atoms with Crippen molar-refractivity contribution in [3.05, 3.63) is 218 Å². The van der Waals surface area contributed by atoms with Gasteiger partial charge in [0.1, 0.15) is 0 Å². The Labute approximate surface area is 351 Å². The quantitative estimate of drug-likeness (QED) is 0.0962. The van der Waals surface area contributed by atoms with E-state index in [1.807, 2.05) is 12.1 Å². The first kappa shape index (κ1) is 33.7. The zero-order chi connectivity index (χ0) is 40.2. The zero-order valence-corrected chi connectivity index (χ0v) is 33.0. The second-order valence-electron chi connectivity index (χ2n) is 16.2. The van der Waals surface area contributed by atoms with E-state index >= 15 is 0 Å². The van der Waals surface area contributed by atoms with Crippen LogP contribution < -0.4 is 0 Å². The molecular weight excluding hydrogens is 737 g/mol. The van der Waals surface area contributed by atoms with Gasteiger partial charge in [-0.25, -0.2) is 4.85 Å². The molecule has 1 heterocycles. The third-order valence-electron chi connectivity index (χ3n) is 13.1. The highest BCUT2D eigenvalue weighted by Crippen LogP contribution is 2.49. The van der Waals surface area contributed by atoms with Gasteiger partial charge in [0, 0.05) is 27.2 Å². The maximum atomic E-state index is 7.90. The maximum Gasteiger partial charge on any atom is 0.194 e. The van der Waals surface area contributed by atoms with Crippen LogP contribution in [-0.4, -0.2) is 4.57 Å². The van der Waals surface area contributed by atoms with Crippen LogP contribution in [0.1, 0.15) is 0 Å². The molecule has 0 spiro atoms. The van der Waals surface area contributed by atoms with Crippen LogP contribution in [0.25, 0.3) is 130 Å². The topological polar surface area (TPSA) is 9.29 Å².